The minimum absolute atomic E-state index is 0.0539. The van der Waals surface area contributed by atoms with Crippen molar-refractivity contribution in [3.8, 4) is 0 Å². The van der Waals surface area contributed by atoms with Crippen LogP contribution < -0.4 is 0 Å². The van der Waals surface area contributed by atoms with Crippen LogP contribution in [-0.2, 0) is 4.79 Å². The van der Waals surface area contributed by atoms with Gasteiger partial charge in [0.05, 0.1) is 18.2 Å². The molecular formula is C10H9NO3. The smallest absolute Gasteiger partial charge is 0.163 e. The molecule has 0 aromatic rings. The van der Waals surface area contributed by atoms with Crippen LogP contribution in [-0.4, -0.2) is 27.4 Å². The van der Waals surface area contributed by atoms with Crippen molar-refractivity contribution in [2.75, 3.05) is 6.54 Å². The van der Waals surface area contributed by atoms with Crippen LogP contribution in [0.2, 0.25) is 0 Å². The van der Waals surface area contributed by atoms with E-state index in [1.54, 1.807) is 11.0 Å². The molecule has 0 saturated carbocycles. The first kappa shape index (κ1) is 7.67. The molecule has 0 aromatic carbocycles. The van der Waals surface area contributed by atoms with Gasteiger partial charge in [-0.3, -0.25) is 4.79 Å². The van der Waals surface area contributed by atoms with Crippen LogP contribution >= 0.6 is 0 Å². The summed E-state index contributed by atoms with van der Waals surface area (Å²) in [5, 5.41) is 19.1. The fourth-order valence-electron chi connectivity index (χ4n) is 2.25. The first-order valence-corrected chi connectivity index (χ1v) is 4.51. The first-order chi connectivity index (χ1) is 6.66. The SMILES string of the molecule is O=C1CN2C3=CC(O)=CC2=C(O)C1C3. The summed E-state index contributed by atoms with van der Waals surface area (Å²) in [4.78, 5) is 13.2. The number of carbonyl (C=O) groups is 1. The molecule has 4 heteroatoms. The average molecular weight is 191 g/mol. The number of rotatable bonds is 0. The average Bonchev–Trinajstić information content (AvgIpc) is 2.13. The molecule has 14 heavy (non-hydrogen) atoms. The molecule has 4 heterocycles. The lowest BCUT2D eigenvalue weighted by Crippen LogP contribution is -2.46. The van der Waals surface area contributed by atoms with Gasteiger partial charge in [-0.2, -0.15) is 0 Å². The van der Waals surface area contributed by atoms with Gasteiger partial charge in [-0.1, -0.05) is 0 Å². The molecule has 0 aliphatic carbocycles. The van der Waals surface area contributed by atoms with Crippen LogP contribution in [0.25, 0.3) is 0 Å². The van der Waals surface area contributed by atoms with Gasteiger partial charge in [-0.15, -0.1) is 0 Å². The molecule has 1 fully saturated rings. The second-order valence-electron chi connectivity index (χ2n) is 3.78. The molecule has 0 radical (unpaired) electrons. The monoisotopic (exact) mass is 191 g/mol. The van der Waals surface area contributed by atoms with E-state index in [0.29, 0.717) is 18.7 Å². The van der Waals surface area contributed by atoms with Crippen molar-refractivity contribution in [3.05, 3.63) is 35.1 Å². The Kier molecular flexibility index (Phi) is 1.21. The highest BCUT2D eigenvalue weighted by Gasteiger charge is 2.42. The lowest BCUT2D eigenvalue weighted by molar-refractivity contribution is -0.126. The summed E-state index contributed by atoms with van der Waals surface area (Å²) in [5.74, 6) is -0.0842. The van der Waals surface area contributed by atoms with E-state index >= 15 is 0 Å². The lowest BCUT2D eigenvalue weighted by atomic mass is 9.83. The third-order valence-electron chi connectivity index (χ3n) is 2.94. The van der Waals surface area contributed by atoms with E-state index in [1.165, 1.54) is 6.08 Å². The highest BCUT2D eigenvalue weighted by Crippen LogP contribution is 2.41. The van der Waals surface area contributed by atoms with Gasteiger partial charge in [-0.05, 0) is 6.08 Å². The lowest BCUT2D eigenvalue weighted by Gasteiger charge is -2.42. The molecule has 72 valence electrons. The summed E-state index contributed by atoms with van der Waals surface area (Å²) in [6.45, 7) is 0.319. The van der Waals surface area contributed by atoms with Crippen molar-refractivity contribution >= 4 is 5.78 Å². The largest absolute Gasteiger partial charge is 0.509 e. The number of aliphatic hydroxyl groups excluding tert-OH is 2. The van der Waals surface area contributed by atoms with Crippen LogP contribution in [0.15, 0.2) is 35.1 Å². The normalized spacial score (nSPS) is 29.3. The zero-order valence-corrected chi connectivity index (χ0v) is 7.40. The zero-order valence-electron chi connectivity index (χ0n) is 7.40. The molecule has 2 N–H and O–H groups in total. The highest BCUT2D eigenvalue weighted by molar-refractivity contribution is 5.89. The zero-order chi connectivity index (χ0) is 9.87. The molecule has 4 bridgehead atoms. The van der Waals surface area contributed by atoms with Gasteiger partial charge < -0.3 is 15.1 Å². The topological polar surface area (TPSA) is 60.8 Å². The number of allylic oxidation sites excluding steroid dienone is 4. The molecule has 1 unspecified atom stereocenters. The minimum Gasteiger partial charge on any atom is -0.509 e. The van der Waals surface area contributed by atoms with Gasteiger partial charge in [0.15, 0.2) is 5.78 Å². The fourth-order valence-corrected chi connectivity index (χ4v) is 2.25. The number of aliphatic hydroxyl groups is 2. The summed E-state index contributed by atoms with van der Waals surface area (Å²) in [5.41, 5.74) is 1.50. The Labute approximate surface area is 80.4 Å². The number of fused-ring (bicyclic) bond motifs is 1. The maximum atomic E-state index is 11.4. The Morgan fingerprint density at radius 2 is 2.14 bits per heavy atom. The van der Waals surface area contributed by atoms with E-state index < -0.39 is 0 Å². The number of Topliss-reactive ketones (excluding diaryl/α,β-unsaturated/α-hetero) is 1. The predicted molar refractivity (Wildman–Crippen MR) is 48.3 cm³/mol. The molecule has 0 spiro atoms. The summed E-state index contributed by atoms with van der Waals surface area (Å²) in [6, 6.07) is 0. The number of nitrogens with zero attached hydrogens (tertiary/aromatic N) is 1. The molecule has 0 aromatic heterocycles. The number of hydrogen-bond donors (Lipinski definition) is 2. The number of hydrogen-bond acceptors (Lipinski definition) is 4. The van der Waals surface area contributed by atoms with Gasteiger partial charge in [0.1, 0.15) is 11.5 Å². The first-order valence-electron chi connectivity index (χ1n) is 4.51. The molecule has 4 rings (SSSR count). The van der Waals surface area contributed by atoms with Gasteiger partial charge >= 0.3 is 0 Å². The maximum Gasteiger partial charge on any atom is 0.163 e. The van der Waals surface area contributed by atoms with Crippen molar-refractivity contribution in [1.82, 2.24) is 4.90 Å². The Hall–Kier alpha value is -1.71. The van der Waals surface area contributed by atoms with E-state index in [9.17, 15) is 15.0 Å². The van der Waals surface area contributed by atoms with Gasteiger partial charge in [-0.25, -0.2) is 0 Å². The maximum absolute atomic E-state index is 11.4. The molecule has 1 atom stereocenters. The van der Waals surface area contributed by atoms with Crippen LogP contribution in [0, 0.1) is 5.92 Å². The Morgan fingerprint density at radius 1 is 1.36 bits per heavy atom. The Balaban J connectivity index is 2.23. The van der Waals surface area contributed by atoms with Gasteiger partial charge in [0, 0.05) is 18.2 Å². The standard InChI is InChI=1S/C10H9NO3/c12-6-1-5-2-7-9(13)4-11(5)8(3-6)10(7)14/h1,3,7,12,14H,2,4H2. The summed E-state index contributed by atoms with van der Waals surface area (Å²) >= 11 is 0. The molecule has 4 aliphatic rings. The third-order valence-corrected chi connectivity index (χ3v) is 2.94. The molecule has 0 amide bonds. The fraction of sp³-hybridized carbons (Fsp3) is 0.300. The summed E-state index contributed by atoms with van der Waals surface area (Å²) in [6.07, 6.45) is 3.65. The van der Waals surface area contributed by atoms with Crippen molar-refractivity contribution in [3.63, 3.8) is 0 Å². The van der Waals surface area contributed by atoms with E-state index in [2.05, 4.69) is 0 Å². The quantitative estimate of drug-likeness (QED) is 0.599. The summed E-state index contributed by atoms with van der Waals surface area (Å²) in [7, 11) is 0. The number of ketones is 1. The van der Waals surface area contributed by atoms with E-state index in [1.807, 2.05) is 0 Å². The second-order valence-corrected chi connectivity index (χ2v) is 3.78. The molecule has 4 aliphatic heterocycles. The Bertz CT molecular complexity index is 431. The predicted octanol–water partition coefficient (Wildman–Crippen LogP) is 1.00. The summed E-state index contributed by atoms with van der Waals surface area (Å²) < 4.78 is 0. The van der Waals surface area contributed by atoms with Crippen LogP contribution in [0.5, 0.6) is 0 Å². The van der Waals surface area contributed by atoms with Crippen LogP contribution in [0.1, 0.15) is 6.42 Å². The number of piperidine rings is 1. The van der Waals surface area contributed by atoms with E-state index in [-0.39, 0.29) is 23.2 Å². The minimum atomic E-state index is -0.384. The second kappa shape index (κ2) is 2.20. The van der Waals surface area contributed by atoms with Crippen LogP contribution in [0.3, 0.4) is 0 Å². The Morgan fingerprint density at radius 3 is 2.93 bits per heavy atom. The van der Waals surface area contributed by atoms with Gasteiger partial charge in [0.2, 0.25) is 0 Å². The van der Waals surface area contributed by atoms with E-state index in [4.69, 9.17) is 0 Å². The van der Waals surface area contributed by atoms with Crippen LogP contribution in [0.4, 0.5) is 0 Å². The number of carbonyl (C=O) groups excluding carboxylic acids is 1. The van der Waals surface area contributed by atoms with Crippen molar-refractivity contribution in [2.45, 2.75) is 6.42 Å². The van der Waals surface area contributed by atoms with Crippen molar-refractivity contribution in [2.24, 2.45) is 5.92 Å². The van der Waals surface area contributed by atoms with Crippen molar-refractivity contribution in [1.29, 1.82) is 0 Å². The van der Waals surface area contributed by atoms with E-state index in [0.717, 1.165) is 5.70 Å². The third kappa shape index (κ3) is 0.755. The molecule has 1 saturated heterocycles. The highest BCUT2D eigenvalue weighted by atomic mass is 16.3. The van der Waals surface area contributed by atoms with Gasteiger partial charge in [0.25, 0.3) is 0 Å². The van der Waals surface area contributed by atoms with Crippen molar-refractivity contribution < 1.29 is 15.0 Å². The molecule has 4 nitrogen and oxygen atoms in total. The molecular weight excluding hydrogens is 182 g/mol.